The van der Waals surface area contributed by atoms with E-state index in [0.29, 0.717) is 43.1 Å². The van der Waals surface area contributed by atoms with Crippen LogP contribution in [0.25, 0.3) is 0 Å². The lowest BCUT2D eigenvalue weighted by atomic mass is 10.1. The molecule has 1 N–H and O–H groups in total. The Balaban J connectivity index is 1.60. The Labute approximate surface area is 144 Å². The van der Waals surface area contributed by atoms with E-state index < -0.39 is 0 Å². The average Bonchev–Trinajstić information content (AvgIpc) is 3.04. The molecule has 3 rings (SSSR count). The summed E-state index contributed by atoms with van der Waals surface area (Å²) in [5.41, 5.74) is 1.23. The zero-order valence-corrected chi connectivity index (χ0v) is 13.9. The number of aromatic nitrogens is 2. The summed E-state index contributed by atoms with van der Waals surface area (Å²) in [4.78, 5) is 26.1. The van der Waals surface area contributed by atoms with E-state index in [1.807, 2.05) is 0 Å². The van der Waals surface area contributed by atoms with E-state index in [1.165, 1.54) is 29.1 Å². The fourth-order valence-electron chi connectivity index (χ4n) is 2.56. The van der Waals surface area contributed by atoms with Crippen LogP contribution in [0.3, 0.4) is 0 Å². The number of carbonyl (C=O) groups excluding carboxylic acids is 2. The molecule has 25 heavy (non-hydrogen) atoms. The van der Waals surface area contributed by atoms with Crippen LogP contribution in [0.4, 0.5) is 10.1 Å². The van der Waals surface area contributed by atoms with E-state index in [9.17, 15) is 14.0 Å². The summed E-state index contributed by atoms with van der Waals surface area (Å²) in [6.45, 7) is 3.95. The van der Waals surface area contributed by atoms with E-state index in [0.717, 1.165) is 0 Å². The molecule has 0 saturated carbocycles. The normalized spacial score (nSPS) is 14.4. The van der Waals surface area contributed by atoms with Crippen LogP contribution in [-0.2, 0) is 16.1 Å². The molecule has 1 aromatic carbocycles. The van der Waals surface area contributed by atoms with Gasteiger partial charge in [0, 0.05) is 24.8 Å². The Kier molecular flexibility index (Phi) is 5.08. The van der Waals surface area contributed by atoms with Crippen molar-refractivity contribution in [2.45, 2.75) is 13.5 Å². The van der Waals surface area contributed by atoms with Gasteiger partial charge in [-0.25, -0.2) is 4.39 Å². The number of ether oxygens (including phenoxy) is 1. The topological polar surface area (TPSA) is 76.5 Å². The number of rotatable bonds is 4. The second kappa shape index (κ2) is 7.43. The maximum Gasteiger partial charge on any atom is 0.255 e. The molecule has 0 spiro atoms. The summed E-state index contributed by atoms with van der Waals surface area (Å²) in [5.74, 6) is -0.758. The van der Waals surface area contributed by atoms with Crippen LogP contribution in [0.5, 0.6) is 0 Å². The molecule has 0 unspecified atom stereocenters. The lowest BCUT2D eigenvalue weighted by Gasteiger charge is -2.26. The first kappa shape index (κ1) is 17.1. The number of hydrogen-bond donors (Lipinski definition) is 1. The fraction of sp³-hybridized carbons (Fsp3) is 0.353. The van der Waals surface area contributed by atoms with Gasteiger partial charge in [0.2, 0.25) is 5.91 Å². The van der Waals surface area contributed by atoms with Crippen molar-refractivity contribution in [1.82, 2.24) is 14.7 Å². The Hall–Kier alpha value is -2.74. The number of carbonyl (C=O) groups is 2. The lowest BCUT2D eigenvalue weighted by Crippen LogP contribution is -2.42. The van der Waals surface area contributed by atoms with Crippen LogP contribution in [0.1, 0.15) is 15.9 Å². The number of halogens is 1. The summed E-state index contributed by atoms with van der Waals surface area (Å²) in [6, 6.07) is 4.16. The Morgan fingerprint density at radius 3 is 2.80 bits per heavy atom. The van der Waals surface area contributed by atoms with Gasteiger partial charge < -0.3 is 15.0 Å². The smallest absolute Gasteiger partial charge is 0.255 e. The van der Waals surface area contributed by atoms with E-state index in [1.54, 1.807) is 18.0 Å². The van der Waals surface area contributed by atoms with Crippen LogP contribution in [-0.4, -0.2) is 52.8 Å². The van der Waals surface area contributed by atoms with Crippen LogP contribution in [0.2, 0.25) is 0 Å². The molecule has 1 fully saturated rings. The molecule has 0 atom stereocenters. The van der Waals surface area contributed by atoms with E-state index in [-0.39, 0.29) is 24.2 Å². The minimum atomic E-state index is -0.359. The van der Waals surface area contributed by atoms with Crippen molar-refractivity contribution in [2.24, 2.45) is 0 Å². The van der Waals surface area contributed by atoms with Gasteiger partial charge in [0.1, 0.15) is 12.4 Å². The van der Waals surface area contributed by atoms with Gasteiger partial charge in [-0.05, 0) is 30.7 Å². The predicted octanol–water partition coefficient (Wildman–Crippen LogP) is 1.44. The van der Waals surface area contributed by atoms with Crippen molar-refractivity contribution in [3.8, 4) is 0 Å². The molecule has 1 aliphatic rings. The minimum absolute atomic E-state index is 0.0431. The monoisotopic (exact) mass is 346 g/mol. The number of amides is 2. The van der Waals surface area contributed by atoms with Gasteiger partial charge in [-0.3, -0.25) is 14.3 Å². The molecule has 2 amide bonds. The van der Waals surface area contributed by atoms with Gasteiger partial charge in [-0.1, -0.05) is 0 Å². The van der Waals surface area contributed by atoms with Crippen LogP contribution in [0, 0.1) is 12.7 Å². The highest BCUT2D eigenvalue weighted by molar-refractivity contribution is 6.04. The van der Waals surface area contributed by atoms with Gasteiger partial charge in [0.05, 0.1) is 25.1 Å². The van der Waals surface area contributed by atoms with Gasteiger partial charge in [0.25, 0.3) is 5.91 Å². The molecule has 7 nitrogen and oxygen atoms in total. The van der Waals surface area contributed by atoms with Crippen LogP contribution < -0.4 is 5.32 Å². The van der Waals surface area contributed by atoms with Crippen molar-refractivity contribution in [1.29, 1.82) is 0 Å². The second-order valence-electron chi connectivity index (χ2n) is 5.84. The maximum absolute atomic E-state index is 13.3. The Morgan fingerprint density at radius 1 is 1.32 bits per heavy atom. The number of morpholine rings is 1. The summed E-state index contributed by atoms with van der Waals surface area (Å²) >= 11 is 0. The second-order valence-corrected chi connectivity index (χ2v) is 5.84. The minimum Gasteiger partial charge on any atom is -0.378 e. The molecular formula is C17H19FN4O3. The molecule has 8 heteroatoms. The Morgan fingerprint density at radius 2 is 2.08 bits per heavy atom. The number of nitrogens with one attached hydrogen (secondary N) is 1. The van der Waals surface area contributed by atoms with E-state index in [4.69, 9.17) is 4.74 Å². The molecule has 0 radical (unpaired) electrons. The molecule has 1 aromatic heterocycles. The first-order valence-electron chi connectivity index (χ1n) is 7.98. The Bertz CT molecular complexity index is 784. The van der Waals surface area contributed by atoms with E-state index >= 15 is 0 Å². The third-order valence-electron chi connectivity index (χ3n) is 3.97. The average molecular weight is 346 g/mol. The lowest BCUT2D eigenvalue weighted by molar-refractivity contribution is -0.136. The zero-order chi connectivity index (χ0) is 17.8. The standard InChI is InChI=1S/C17H19FN4O3/c1-12-8-13(2-3-15(12)18)17(24)20-14-9-19-22(10-14)11-16(23)21-4-6-25-7-5-21/h2-3,8-10H,4-7,11H2,1H3,(H,20,24). The zero-order valence-electron chi connectivity index (χ0n) is 13.9. The summed E-state index contributed by atoms with van der Waals surface area (Å²) in [7, 11) is 0. The molecule has 1 aliphatic heterocycles. The summed E-state index contributed by atoms with van der Waals surface area (Å²) in [5, 5.41) is 6.78. The highest BCUT2D eigenvalue weighted by atomic mass is 19.1. The van der Waals surface area contributed by atoms with Crippen molar-refractivity contribution in [3.63, 3.8) is 0 Å². The molecule has 132 valence electrons. The number of anilines is 1. The molecule has 0 aliphatic carbocycles. The fourth-order valence-corrected chi connectivity index (χ4v) is 2.56. The first-order valence-corrected chi connectivity index (χ1v) is 7.98. The number of nitrogens with zero attached hydrogens (tertiary/aromatic N) is 3. The molecule has 1 saturated heterocycles. The summed E-state index contributed by atoms with van der Waals surface area (Å²) in [6.07, 6.45) is 3.06. The highest BCUT2D eigenvalue weighted by Gasteiger charge is 2.17. The van der Waals surface area contributed by atoms with Gasteiger partial charge in [0.15, 0.2) is 0 Å². The molecule has 0 bridgehead atoms. The molecule has 2 heterocycles. The molecule has 2 aromatic rings. The van der Waals surface area contributed by atoms with Crippen molar-refractivity contribution >= 4 is 17.5 Å². The van der Waals surface area contributed by atoms with Crippen LogP contribution >= 0.6 is 0 Å². The summed E-state index contributed by atoms with van der Waals surface area (Å²) < 4.78 is 20.0. The predicted molar refractivity (Wildman–Crippen MR) is 88.7 cm³/mol. The van der Waals surface area contributed by atoms with Gasteiger partial charge in [-0.2, -0.15) is 5.10 Å². The third-order valence-corrected chi connectivity index (χ3v) is 3.97. The van der Waals surface area contributed by atoms with Gasteiger partial charge >= 0.3 is 0 Å². The van der Waals surface area contributed by atoms with Gasteiger partial charge in [-0.15, -0.1) is 0 Å². The van der Waals surface area contributed by atoms with Crippen molar-refractivity contribution in [2.75, 3.05) is 31.6 Å². The largest absolute Gasteiger partial charge is 0.378 e. The quantitative estimate of drug-likeness (QED) is 0.909. The number of benzene rings is 1. The third kappa shape index (κ3) is 4.21. The van der Waals surface area contributed by atoms with Crippen LogP contribution in [0.15, 0.2) is 30.6 Å². The number of aryl methyl sites for hydroxylation is 1. The SMILES string of the molecule is Cc1cc(C(=O)Nc2cnn(CC(=O)N3CCOCC3)c2)ccc1F. The molecular weight excluding hydrogens is 327 g/mol. The first-order chi connectivity index (χ1) is 12.0. The maximum atomic E-state index is 13.3. The van der Waals surface area contributed by atoms with E-state index in [2.05, 4.69) is 10.4 Å². The highest BCUT2D eigenvalue weighted by Crippen LogP contribution is 2.12. The van der Waals surface area contributed by atoms with Crippen molar-refractivity contribution in [3.05, 3.63) is 47.5 Å². The van der Waals surface area contributed by atoms with Crippen molar-refractivity contribution < 1.29 is 18.7 Å². The number of hydrogen-bond acceptors (Lipinski definition) is 4.